The number of anilines is 1. The fraction of sp³-hybridized carbons (Fsp3) is 0.368. The highest BCUT2D eigenvalue weighted by Gasteiger charge is 2.27. The molecule has 1 amide bonds. The number of nitro groups is 1. The fourth-order valence-corrected chi connectivity index (χ4v) is 4.65. The molecular formula is C19H20N6O4S. The first kappa shape index (κ1) is 20.0. The van der Waals surface area contributed by atoms with Gasteiger partial charge >= 0.3 is 0 Å². The molecule has 0 aromatic carbocycles. The molecule has 0 bridgehead atoms. The number of aromatic nitrogens is 3. The first-order chi connectivity index (χ1) is 14.4. The van der Waals surface area contributed by atoms with Crippen LogP contribution in [0, 0.1) is 17.0 Å². The van der Waals surface area contributed by atoms with E-state index in [4.69, 9.17) is 0 Å². The summed E-state index contributed by atoms with van der Waals surface area (Å²) in [5.74, 6) is 0.546. The lowest BCUT2D eigenvalue weighted by atomic mass is 10.2. The minimum absolute atomic E-state index is 0.0523. The van der Waals surface area contributed by atoms with Crippen molar-refractivity contribution >= 4 is 39.0 Å². The molecule has 30 heavy (non-hydrogen) atoms. The van der Waals surface area contributed by atoms with Gasteiger partial charge in [0, 0.05) is 38.8 Å². The van der Waals surface area contributed by atoms with Crippen LogP contribution in [0.5, 0.6) is 0 Å². The maximum atomic E-state index is 13.1. The smallest absolute Gasteiger partial charge is 0.287 e. The van der Waals surface area contributed by atoms with E-state index in [-0.39, 0.29) is 17.2 Å². The number of aryl methyl sites for hydroxylation is 2. The van der Waals surface area contributed by atoms with Crippen molar-refractivity contribution in [1.29, 1.82) is 0 Å². The highest BCUT2D eigenvalue weighted by atomic mass is 32.1. The summed E-state index contributed by atoms with van der Waals surface area (Å²) in [5.41, 5.74) is 0.507. The van der Waals surface area contributed by atoms with Crippen molar-refractivity contribution in [2.45, 2.75) is 20.4 Å². The van der Waals surface area contributed by atoms with Crippen LogP contribution in [-0.2, 0) is 6.54 Å². The van der Waals surface area contributed by atoms with Gasteiger partial charge in [0.1, 0.15) is 16.8 Å². The summed E-state index contributed by atoms with van der Waals surface area (Å²) in [7, 11) is 0. The van der Waals surface area contributed by atoms with E-state index in [0.717, 1.165) is 0 Å². The third kappa shape index (κ3) is 3.41. The maximum Gasteiger partial charge on any atom is 0.287 e. The van der Waals surface area contributed by atoms with Crippen LogP contribution in [0.25, 0.3) is 10.2 Å². The SMILES string of the molecule is CCn1cnc2sc(C(=O)N3CCN(c4ccc([N+](=O)[O-])cn4)CC3)c(C)c2c1=O. The molecule has 1 aliphatic heterocycles. The predicted octanol–water partition coefficient (Wildman–Crippen LogP) is 2.05. The van der Waals surface area contributed by atoms with E-state index in [0.29, 0.717) is 59.2 Å². The van der Waals surface area contributed by atoms with Gasteiger partial charge in [0.15, 0.2) is 0 Å². The van der Waals surface area contributed by atoms with E-state index >= 15 is 0 Å². The molecule has 0 spiro atoms. The molecule has 1 fully saturated rings. The summed E-state index contributed by atoms with van der Waals surface area (Å²) in [5, 5.41) is 11.3. The van der Waals surface area contributed by atoms with E-state index in [1.165, 1.54) is 34.5 Å². The molecule has 11 heteroatoms. The van der Waals surface area contributed by atoms with Crippen LogP contribution in [0.4, 0.5) is 11.5 Å². The molecule has 3 aromatic rings. The lowest BCUT2D eigenvalue weighted by Crippen LogP contribution is -2.49. The summed E-state index contributed by atoms with van der Waals surface area (Å²) in [4.78, 5) is 49.4. The van der Waals surface area contributed by atoms with E-state index in [1.807, 2.05) is 11.8 Å². The first-order valence-electron chi connectivity index (χ1n) is 9.54. The number of thiophene rings is 1. The molecule has 0 aliphatic carbocycles. The van der Waals surface area contributed by atoms with Crippen LogP contribution in [0.15, 0.2) is 29.5 Å². The number of nitrogens with zero attached hydrogens (tertiary/aromatic N) is 6. The second kappa shape index (κ2) is 7.82. The van der Waals surface area contributed by atoms with Gasteiger partial charge in [-0.05, 0) is 25.5 Å². The molecule has 1 saturated heterocycles. The van der Waals surface area contributed by atoms with Crippen LogP contribution in [0.1, 0.15) is 22.2 Å². The highest BCUT2D eigenvalue weighted by Crippen LogP contribution is 2.28. The Kier molecular flexibility index (Phi) is 5.20. The second-order valence-electron chi connectivity index (χ2n) is 6.98. The Balaban J connectivity index is 1.51. The number of carbonyl (C=O) groups excluding carboxylic acids is 1. The van der Waals surface area contributed by atoms with Gasteiger partial charge in [-0.15, -0.1) is 11.3 Å². The number of amides is 1. The van der Waals surface area contributed by atoms with Crippen molar-refractivity contribution < 1.29 is 9.72 Å². The Morgan fingerprint density at radius 3 is 2.57 bits per heavy atom. The molecule has 4 heterocycles. The van der Waals surface area contributed by atoms with Crippen molar-refractivity contribution in [3.8, 4) is 0 Å². The first-order valence-corrected chi connectivity index (χ1v) is 10.4. The lowest BCUT2D eigenvalue weighted by Gasteiger charge is -2.35. The Morgan fingerprint density at radius 2 is 1.97 bits per heavy atom. The van der Waals surface area contributed by atoms with Gasteiger partial charge < -0.3 is 9.80 Å². The van der Waals surface area contributed by atoms with Crippen LogP contribution in [-0.4, -0.2) is 56.4 Å². The molecule has 0 atom stereocenters. The van der Waals surface area contributed by atoms with Gasteiger partial charge in [0.2, 0.25) is 0 Å². The average molecular weight is 428 g/mol. The lowest BCUT2D eigenvalue weighted by molar-refractivity contribution is -0.385. The fourth-order valence-electron chi connectivity index (χ4n) is 3.54. The average Bonchev–Trinajstić information content (AvgIpc) is 3.11. The highest BCUT2D eigenvalue weighted by molar-refractivity contribution is 7.20. The summed E-state index contributed by atoms with van der Waals surface area (Å²) in [6, 6.07) is 3.05. The molecule has 0 unspecified atom stereocenters. The van der Waals surface area contributed by atoms with Crippen molar-refractivity contribution in [2.75, 3.05) is 31.1 Å². The number of pyridine rings is 1. The van der Waals surface area contributed by atoms with Crippen LogP contribution < -0.4 is 10.5 Å². The monoisotopic (exact) mass is 428 g/mol. The number of fused-ring (bicyclic) bond motifs is 1. The Morgan fingerprint density at radius 1 is 1.23 bits per heavy atom. The third-order valence-electron chi connectivity index (χ3n) is 5.29. The zero-order valence-corrected chi connectivity index (χ0v) is 17.4. The summed E-state index contributed by atoms with van der Waals surface area (Å²) >= 11 is 1.26. The zero-order chi connectivity index (χ0) is 21.4. The zero-order valence-electron chi connectivity index (χ0n) is 16.6. The van der Waals surface area contributed by atoms with E-state index in [2.05, 4.69) is 9.97 Å². The number of carbonyl (C=O) groups is 1. The third-order valence-corrected chi connectivity index (χ3v) is 6.47. The van der Waals surface area contributed by atoms with Gasteiger partial charge in [0.05, 0.1) is 21.5 Å². The normalized spacial score (nSPS) is 14.3. The largest absolute Gasteiger partial charge is 0.353 e. The minimum Gasteiger partial charge on any atom is -0.353 e. The number of hydrogen-bond donors (Lipinski definition) is 0. The Labute approximate surface area is 175 Å². The molecule has 10 nitrogen and oxygen atoms in total. The minimum atomic E-state index is -0.481. The van der Waals surface area contributed by atoms with E-state index < -0.39 is 4.92 Å². The second-order valence-corrected chi connectivity index (χ2v) is 7.98. The van der Waals surface area contributed by atoms with Gasteiger partial charge in [-0.3, -0.25) is 24.3 Å². The summed E-state index contributed by atoms with van der Waals surface area (Å²) in [6.45, 7) is 6.34. The standard InChI is InChI=1S/C19H20N6O4S/c1-3-22-11-21-17-15(18(22)26)12(2)16(30-17)19(27)24-8-6-23(7-9-24)14-5-4-13(10-20-14)25(28)29/h4-5,10-11H,3,6-9H2,1-2H3. The predicted molar refractivity (Wildman–Crippen MR) is 113 cm³/mol. The molecule has 3 aromatic heterocycles. The quantitative estimate of drug-likeness (QED) is 0.461. The molecule has 0 N–H and O–H groups in total. The van der Waals surface area contributed by atoms with E-state index in [9.17, 15) is 19.7 Å². The van der Waals surface area contributed by atoms with Crippen molar-refractivity contribution in [2.24, 2.45) is 0 Å². The molecule has 156 valence electrons. The molecule has 4 rings (SSSR count). The number of piperazine rings is 1. The topological polar surface area (TPSA) is 114 Å². The number of hydrogen-bond acceptors (Lipinski definition) is 8. The Bertz CT molecular complexity index is 1180. The molecule has 0 saturated carbocycles. The molecule has 1 aliphatic rings. The van der Waals surface area contributed by atoms with Gasteiger partial charge in [-0.2, -0.15) is 0 Å². The van der Waals surface area contributed by atoms with Gasteiger partial charge in [0.25, 0.3) is 17.2 Å². The van der Waals surface area contributed by atoms with E-state index in [1.54, 1.807) is 17.9 Å². The van der Waals surface area contributed by atoms with Crippen LogP contribution in [0.2, 0.25) is 0 Å². The maximum absolute atomic E-state index is 13.1. The van der Waals surface area contributed by atoms with Gasteiger partial charge in [-0.1, -0.05) is 0 Å². The molecule has 0 radical (unpaired) electrons. The van der Waals surface area contributed by atoms with Gasteiger partial charge in [-0.25, -0.2) is 9.97 Å². The number of rotatable bonds is 4. The molecular weight excluding hydrogens is 408 g/mol. The van der Waals surface area contributed by atoms with Crippen molar-refractivity contribution in [3.05, 3.63) is 55.6 Å². The Hall–Kier alpha value is -3.34. The van der Waals surface area contributed by atoms with Crippen LogP contribution >= 0.6 is 11.3 Å². The summed E-state index contributed by atoms with van der Waals surface area (Å²) < 4.78 is 1.53. The van der Waals surface area contributed by atoms with Crippen LogP contribution in [0.3, 0.4) is 0 Å². The van der Waals surface area contributed by atoms with Crippen molar-refractivity contribution in [3.63, 3.8) is 0 Å². The van der Waals surface area contributed by atoms with Crippen molar-refractivity contribution in [1.82, 2.24) is 19.4 Å². The summed E-state index contributed by atoms with van der Waals surface area (Å²) in [6.07, 6.45) is 2.76.